The van der Waals surface area contributed by atoms with Crippen LogP contribution in [-0.2, 0) is 4.74 Å². The molecule has 2 rings (SSSR count). The number of halogens is 1. The monoisotopic (exact) mass is 310 g/mol. The normalized spacial score (nSPS) is 18.0. The van der Waals surface area contributed by atoms with Crippen molar-refractivity contribution >= 4 is 17.5 Å². The van der Waals surface area contributed by atoms with Crippen molar-refractivity contribution in [3.63, 3.8) is 0 Å². The number of nitrogens with zero attached hydrogens (tertiary/aromatic N) is 1. The van der Waals surface area contributed by atoms with Gasteiger partial charge in [-0.05, 0) is 44.0 Å². The average molecular weight is 311 g/mol. The van der Waals surface area contributed by atoms with E-state index in [0.717, 1.165) is 18.5 Å². The van der Waals surface area contributed by atoms with Crippen LogP contribution in [0.4, 0.5) is 0 Å². The summed E-state index contributed by atoms with van der Waals surface area (Å²) in [4.78, 5) is 14.7. The van der Waals surface area contributed by atoms with E-state index < -0.39 is 0 Å². The first-order valence-electron chi connectivity index (χ1n) is 7.39. The smallest absolute Gasteiger partial charge is 0.254 e. The molecule has 0 bridgehead atoms. The molecule has 1 saturated heterocycles. The molecule has 0 aromatic heterocycles. The molecule has 1 aliphatic rings. The summed E-state index contributed by atoms with van der Waals surface area (Å²) in [5.74, 6) is 0.0285. The van der Waals surface area contributed by atoms with E-state index in [1.165, 1.54) is 6.42 Å². The highest BCUT2D eigenvalue weighted by atomic mass is 35.5. The Kier molecular flexibility index (Phi) is 6.03. The SMILES string of the molecule is COCCN(CC1CCCN1)C(=O)c1cc(Cl)ccc1C. The minimum Gasteiger partial charge on any atom is -0.383 e. The molecule has 0 spiro atoms. The Balaban J connectivity index is 2.13. The summed E-state index contributed by atoms with van der Waals surface area (Å²) in [5.41, 5.74) is 1.63. The Morgan fingerprint density at radius 1 is 1.52 bits per heavy atom. The molecule has 1 amide bonds. The summed E-state index contributed by atoms with van der Waals surface area (Å²) >= 11 is 6.03. The second kappa shape index (κ2) is 7.78. The second-order valence-electron chi connectivity index (χ2n) is 5.50. The lowest BCUT2D eigenvalue weighted by Gasteiger charge is -2.26. The molecule has 21 heavy (non-hydrogen) atoms. The lowest BCUT2D eigenvalue weighted by Crippen LogP contribution is -2.42. The molecule has 116 valence electrons. The van der Waals surface area contributed by atoms with Gasteiger partial charge < -0.3 is 15.0 Å². The van der Waals surface area contributed by atoms with Crippen LogP contribution < -0.4 is 5.32 Å². The van der Waals surface area contributed by atoms with Gasteiger partial charge in [-0.3, -0.25) is 4.79 Å². The fourth-order valence-electron chi connectivity index (χ4n) is 2.65. The number of methoxy groups -OCH3 is 1. The Bertz CT molecular complexity index is 487. The molecule has 1 N–H and O–H groups in total. The number of hydrogen-bond acceptors (Lipinski definition) is 3. The van der Waals surface area contributed by atoms with Crippen LogP contribution in [0.2, 0.25) is 5.02 Å². The first kappa shape index (κ1) is 16.3. The largest absolute Gasteiger partial charge is 0.383 e. The summed E-state index contributed by atoms with van der Waals surface area (Å²) in [5, 5.41) is 4.03. The molecule has 0 saturated carbocycles. The van der Waals surface area contributed by atoms with Crippen LogP contribution in [0, 0.1) is 6.92 Å². The van der Waals surface area contributed by atoms with Crippen molar-refractivity contribution < 1.29 is 9.53 Å². The van der Waals surface area contributed by atoms with Crippen molar-refractivity contribution in [1.29, 1.82) is 0 Å². The lowest BCUT2D eigenvalue weighted by molar-refractivity contribution is 0.0678. The third kappa shape index (κ3) is 4.43. The molecule has 1 atom stereocenters. The van der Waals surface area contributed by atoms with E-state index >= 15 is 0 Å². The van der Waals surface area contributed by atoms with Crippen molar-refractivity contribution in [3.05, 3.63) is 34.3 Å². The van der Waals surface area contributed by atoms with Crippen LogP contribution in [0.25, 0.3) is 0 Å². The third-order valence-electron chi connectivity index (χ3n) is 3.89. The zero-order valence-electron chi connectivity index (χ0n) is 12.7. The minimum absolute atomic E-state index is 0.0285. The highest BCUT2D eigenvalue weighted by Crippen LogP contribution is 2.18. The van der Waals surface area contributed by atoms with Gasteiger partial charge in [0.2, 0.25) is 0 Å². The zero-order chi connectivity index (χ0) is 15.2. The highest BCUT2D eigenvalue weighted by Gasteiger charge is 2.23. The maximum Gasteiger partial charge on any atom is 0.254 e. The minimum atomic E-state index is 0.0285. The Hall–Kier alpha value is -1.10. The van der Waals surface area contributed by atoms with Gasteiger partial charge in [0.15, 0.2) is 0 Å². The number of rotatable bonds is 6. The number of ether oxygens (including phenoxy) is 1. The van der Waals surface area contributed by atoms with E-state index in [2.05, 4.69) is 5.32 Å². The number of hydrogen-bond donors (Lipinski definition) is 1. The first-order valence-corrected chi connectivity index (χ1v) is 7.77. The predicted molar refractivity (Wildman–Crippen MR) is 85.0 cm³/mol. The molecule has 1 heterocycles. The summed E-state index contributed by atoms with van der Waals surface area (Å²) in [6, 6.07) is 5.83. The van der Waals surface area contributed by atoms with E-state index in [1.807, 2.05) is 24.0 Å². The van der Waals surface area contributed by atoms with E-state index in [1.54, 1.807) is 13.2 Å². The van der Waals surface area contributed by atoms with Crippen LogP contribution in [0.5, 0.6) is 0 Å². The van der Waals surface area contributed by atoms with Crippen LogP contribution in [0.15, 0.2) is 18.2 Å². The molecule has 1 aliphatic heterocycles. The highest BCUT2D eigenvalue weighted by molar-refractivity contribution is 6.31. The van der Waals surface area contributed by atoms with Crippen LogP contribution in [-0.4, -0.2) is 50.2 Å². The molecule has 0 aliphatic carbocycles. The number of benzene rings is 1. The van der Waals surface area contributed by atoms with Crippen molar-refractivity contribution in [1.82, 2.24) is 10.2 Å². The number of aryl methyl sites for hydroxylation is 1. The third-order valence-corrected chi connectivity index (χ3v) is 4.12. The molecule has 1 aromatic rings. The van der Waals surface area contributed by atoms with E-state index in [4.69, 9.17) is 16.3 Å². The van der Waals surface area contributed by atoms with Gasteiger partial charge in [-0.25, -0.2) is 0 Å². The molecule has 1 unspecified atom stereocenters. The predicted octanol–water partition coefficient (Wildman–Crippen LogP) is 2.49. The number of amides is 1. The van der Waals surface area contributed by atoms with Crippen molar-refractivity contribution in [2.24, 2.45) is 0 Å². The van der Waals surface area contributed by atoms with E-state index in [0.29, 0.717) is 36.3 Å². The van der Waals surface area contributed by atoms with Gasteiger partial charge >= 0.3 is 0 Å². The fraction of sp³-hybridized carbons (Fsp3) is 0.562. The van der Waals surface area contributed by atoms with Gasteiger partial charge in [0.1, 0.15) is 0 Å². The summed E-state index contributed by atoms with van der Waals surface area (Å²) < 4.78 is 5.14. The zero-order valence-corrected chi connectivity index (χ0v) is 13.4. The van der Waals surface area contributed by atoms with Gasteiger partial charge in [0.05, 0.1) is 6.61 Å². The fourth-order valence-corrected chi connectivity index (χ4v) is 2.82. The number of carbonyl (C=O) groups excluding carboxylic acids is 1. The maximum atomic E-state index is 12.8. The Morgan fingerprint density at radius 3 is 3.00 bits per heavy atom. The van der Waals surface area contributed by atoms with Crippen molar-refractivity contribution in [3.8, 4) is 0 Å². The first-order chi connectivity index (χ1) is 10.1. The number of carbonyl (C=O) groups is 1. The topological polar surface area (TPSA) is 41.6 Å². The van der Waals surface area contributed by atoms with Crippen molar-refractivity contribution in [2.75, 3.05) is 33.4 Å². The average Bonchev–Trinajstić information content (AvgIpc) is 2.98. The molecule has 5 heteroatoms. The molecular formula is C16H23ClN2O2. The van der Waals surface area contributed by atoms with Crippen LogP contribution in [0.3, 0.4) is 0 Å². The van der Waals surface area contributed by atoms with Gasteiger partial charge in [-0.15, -0.1) is 0 Å². The van der Waals surface area contributed by atoms with E-state index in [9.17, 15) is 4.79 Å². The molecule has 1 fully saturated rings. The molecule has 4 nitrogen and oxygen atoms in total. The van der Waals surface area contributed by atoms with Gasteiger partial charge in [-0.2, -0.15) is 0 Å². The maximum absolute atomic E-state index is 12.8. The summed E-state index contributed by atoms with van der Waals surface area (Å²) in [6.45, 7) is 4.82. The van der Waals surface area contributed by atoms with Crippen LogP contribution in [0.1, 0.15) is 28.8 Å². The van der Waals surface area contributed by atoms with E-state index in [-0.39, 0.29) is 5.91 Å². The quantitative estimate of drug-likeness (QED) is 0.877. The van der Waals surface area contributed by atoms with Gasteiger partial charge in [0, 0.05) is 36.8 Å². The molecule has 1 aromatic carbocycles. The number of nitrogens with one attached hydrogen (secondary N) is 1. The van der Waals surface area contributed by atoms with Gasteiger partial charge in [0.25, 0.3) is 5.91 Å². The van der Waals surface area contributed by atoms with Crippen molar-refractivity contribution in [2.45, 2.75) is 25.8 Å². The second-order valence-corrected chi connectivity index (χ2v) is 5.93. The summed E-state index contributed by atoms with van der Waals surface area (Å²) in [7, 11) is 1.65. The van der Waals surface area contributed by atoms with Crippen LogP contribution >= 0.6 is 11.6 Å². The summed E-state index contributed by atoms with van der Waals surface area (Å²) in [6.07, 6.45) is 2.29. The lowest BCUT2D eigenvalue weighted by atomic mass is 10.1. The molecule has 0 radical (unpaired) electrons. The Labute approximate surface area is 131 Å². The molecular weight excluding hydrogens is 288 g/mol. The Morgan fingerprint density at radius 2 is 2.33 bits per heavy atom. The standard InChI is InChI=1S/C16H23ClN2O2/c1-12-5-6-13(17)10-15(12)16(20)19(8-9-21-2)11-14-4-3-7-18-14/h5-6,10,14,18H,3-4,7-9,11H2,1-2H3. The van der Waals surface area contributed by atoms with Gasteiger partial charge in [-0.1, -0.05) is 17.7 Å².